The summed E-state index contributed by atoms with van der Waals surface area (Å²) in [6.45, 7) is 2.93. The fourth-order valence-electron chi connectivity index (χ4n) is 0.910. The second-order valence-corrected chi connectivity index (χ2v) is 4.30. The molecule has 0 radical (unpaired) electrons. The minimum Gasteiger partial charge on any atom is -0.747 e. The number of esters is 2. The topological polar surface area (TPSA) is 110 Å². The summed E-state index contributed by atoms with van der Waals surface area (Å²) in [5.41, 5.74) is 0. The molecule has 1 unspecified atom stereocenters. The molecule has 0 aliphatic carbocycles. The zero-order chi connectivity index (χ0) is 12.8. The van der Waals surface area contributed by atoms with Crippen LogP contribution in [0.15, 0.2) is 0 Å². The van der Waals surface area contributed by atoms with Crippen molar-refractivity contribution < 1.29 is 32.0 Å². The highest BCUT2D eigenvalue weighted by Gasteiger charge is 2.30. The van der Waals surface area contributed by atoms with Crippen LogP contribution in [0, 0.1) is 0 Å². The molecule has 1 atom stereocenters. The summed E-state index contributed by atoms with van der Waals surface area (Å²) in [6.07, 6.45) is -0.821. The van der Waals surface area contributed by atoms with Crippen LogP contribution in [0.4, 0.5) is 0 Å². The Morgan fingerprint density at radius 2 is 1.69 bits per heavy atom. The van der Waals surface area contributed by atoms with E-state index in [9.17, 15) is 22.6 Å². The smallest absolute Gasteiger partial charge is 0.323 e. The van der Waals surface area contributed by atoms with E-state index in [1.54, 1.807) is 0 Å². The van der Waals surface area contributed by atoms with Crippen molar-refractivity contribution in [3.63, 3.8) is 0 Å². The predicted molar refractivity (Wildman–Crippen MR) is 51.4 cm³/mol. The maximum absolute atomic E-state index is 11.1. The van der Waals surface area contributed by atoms with E-state index in [2.05, 4.69) is 9.47 Å². The van der Waals surface area contributed by atoms with E-state index >= 15 is 0 Å². The van der Waals surface area contributed by atoms with Gasteiger partial charge in [-0.2, -0.15) is 0 Å². The number of rotatable bonds is 6. The van der Waals surface area contributed by atoms with Gasteiger partial charge in [0.25, 0.3) is 0 Å². The molecule has 16 heavy (non-hydrogen) atoms. The fraction of sp³-hybridized carbons (Fsp3) is 0.750. The average Bonchev–Trinajstić information content (AvgIpc) is 2.13. The van der Waals surface area contributed by atoms with Crippen molar-refractivity contribution in [1.29, 1.82) is 0 Å². The third-order valence-corrected chi connectivity index (χ3v) is 2.61. The molecule has 0 rings (SSSR count). The van der Waals surface area contributed by atoms with Gasteiger partial charge in [0.1, 0.15) is 10.1 Å². The Kier molecular flexibility index (Phi) is 5.97. The summed E-state index contributed by atoms with van der Waals surface area (Å²) in [6, 6.07) is 0. The van der Waals surface area contributed by atoms with E-state index in [-0.39, 0.29) is 13.2 Å². The van der Waals surface area contributed by atoms with Crippen molar-refractivity contribution in [3.8, 4) is 0 Å². The van der Waals surface area contributed by atoms with Gasteiger partial charge in [-0.25, -0.2) is 8.42 Å². The molecule has 0 fully saturated rings. The highest BCUT2D eigenvalue weighted by Crippen LogP contribution is 2.08. The molecule has 0 heterocycles. The SMILES string of the molecule is CCOC(=O)CC(C(=O)OCC)S(=O)(=O)[O-]. The maximum Gasteiger partial charge on any atom is 0.323 e. The Labute approximate surface area is 93.5 Å². The molecule has 0 aromatic rings. The Hall–Kier alpha value is -1.15. The molecule has 0 aliphatic heterocycles. The van der Waals surface area contributed by atoms with Crippen LogP contribution in [-0.4, -0.2) is 43.4 Å². The Bertz CT molecular complexity index is 345. The lowest BCUT2D eigenvalue weighted by Gasteiger charge is -2.17. The molecule has 0 aliphatic rings. The Morgan fingerprint density at radius 1 is 1.19 bits per heavy atom. The molecule has 94 valence electrons. The number of hydrogen-bond acceptors (Lipinski definition) is 7. The van der Waals surface area contributed by atoms with Gasteiger partial charge in [-0.3, -0.25) is 9.59 Å². The lowest BCUT2D eigenvalue weighted by molar-refractivity contribution is -0.149. The Morgan fingerprint density at radius 3 is 2.06 bits per heavy atom. The molecule has 0 aromatic carbocycles. The largest absolute Gasteiger partial charge is 0.747 e. The molecule has 0 saturated carbocycles. The summed E-state index contributed by atoms with van der Waals surface area (Å²) in [4.78, 5) is 22.1. The molecule has 0 bridgehead atoms. The van der Waals surface area contributed by atoms with Gasteiger partial charge in [-0.05, 0) is 13.8 Å². The van der Waals surface area contributed by atoms with Crippen molar-refractivity contribution in [2.75, 3.05) is 13.2 Å². The monoisotopic (exact) mass is 253 g/mol. The summed E-state index contributed by atoms with van der Waals surface area (Å²) < 4.78 is 41.0. The quantitative estimate of drug-likeness (QED) is 0.460. The standard InChI is InChI=1S/C8H14O7S/c1-3-14-7(9)5-6(16(11,12)13)8(10)15-4-2/h6H,3-5H2,1-2H3,(H,11,12,13)/p-1. The summed E-state index contributed by atoms with van der Waals surface area (Å²) in [5.74, 6) is -2.16. The molecule has 0 saturated heterocycles. The number of carbonyl (C=O) groups is 2. The first-order chi connectivity index (χ1) is 7.32. The number of ether oxygens (including phenoxy) is 2. The molecular weight excluding hydrogens is 240 g/mol. The van der Waals surface area contributed by atoms with Gasteiger partial charge >= 0.3 is 11.9 Å². The van der Waals surface area contributed by atoms with Crippen molar-refractivity contribution in [3.05, 3.63) is 0 Å². The third kappa shape index (κ3) is 5.08. The molecule has 7 nitrogen and oxygen atoms in total. The van der Waals surface area contributed by atoms with Crippen LogP contribution in [0.25, 0.3) is 0 Å². The molecule has 8 heteroatoms. The number of hydrogen-bond donors (Lipinski definition) is 0. The van der Waals surface area contributed by atoms with Crippen molar-refractivity contribution >= 4 is 22.1 Å². The van der Waals surface area contributed by atoms with Crippen LogP contribution in [0.2, 0.25) is 0 Å². The van der Waals surface area contributed by atoms with E-state index in [4.69, 9.17) is 0 Å². The van der Waals surface area contributed by atoms with Crippen molar-refractivity contribution in [2.45, 2.75) is 25.5 Å². The van der Waals surface area contributed by atoms with Crippen molar-refractivity contribution in [1.82, 2.24) is 0 Å². The minimum atomic E-state index is -4.93. The van der Waals surface area contributed by atoms with Crippen LogP contribution in [0.5, 0.6) is 0 Å². The van der Waals surface area contributed by atoms with Gasteiger partial charge in [-0.15, -0.1) is 0 Å². The van der Waals surface area contributed by atoms with E-state index in [0.29, 0.717) is 0 Å². The third-order valence-electron chi connectivity index (χ3n) is 1.56. The Balaban J connectivity index is 4.71. The second kappa shape index (κ2) is 6.44. The zero-order valence-electron chi connectivity index (χ0n) is 8.96. The average molecular weight is 253 g/mol. The van der Waals surface area contributed by atoms with Crippen LogP contribution in [0.1, 0.15) is 20.3 Å². The van der Waals surface area contributed by atoms with E-state index < -0.39 is 33.7 Å². The summed E-state index contributed by atoms with van der Waals surface area (Å²) >= 11 is 0. The van der Waals surface area contributed by atoms with E-state index in [1.807, 2.05) is 0 Å². The van der Waals surface area contributed by atoms with Crippen LogP contribution < -0.4 is 0 Å². The van der Waals surface area contributed by atoms with Gasteiger partial charge in [0.2, 0.25) is 0 Å². The first kappa shape index (κ1) is 14.8. The zero-order valence-corrected chi connectivity index (χ0v) is 9.78. The molecular formula is C8H13O7S-. The lowest BCUT2D eigenvalue weighted by Crippen LogP contribution is -2.34. The molecule has 0 spiro atoms. The van der Waals surface area contributed by atoms with Gasteiger partial charge in [0.05, 0.1) is 19.6 Å². The van der Waals surface area contributed by atoms with Gasteiger partial charge in [-0.1, -0.05) is 0 Å². The van der Waals surface area contributed by atoms with E-state index in [0.717, 1.165) is 0 Å². The fourth-order valence-corrected chi connectivity index (χ4v) is 1.55. The van der Waals surface area contributed by atoms with Crippen LogP contribution in [0.3, 0.4) is 0 Å². The summed E-state index contributed by atoms with van der Waals surface area (Å²) in [7, 11) is -4.93. The summed E-state index contributed by atoms with van der Waals surface area (Å²) in [5, 5.41) is -2.04. The van der Waals surface area contributed by atoms with Crippen molar-refractivity contribution in [2.24, 2.45) is 0 Å². The van der Waals surface area contributed by atoms with Gasteiger partial charge < -0.3 is 14.0 Å². The second-order valence-electron chi connectivity index (χ2n) is 2.74. The van der Waals surface area contributed by atoms with Gasteiger partial charge in [0, 0.05) is 0 Å². The highest BCUT2D eigenvalue weighted by atomic mass is 32.2. The maximum atomic E-state index is 11.1. The van der Waals surface area contributed by atoms with Crippen LogP contribution in [-0.2, 0) is 29.2 Å². The van der Waals surface area contributed by atoms with Crippen LogP contribution >= 0.6 is 0 Å². The van der Waals surface area contributed by atoms with E-state index in [1.165, 1.54) is 13.8 Å². The first-order valence-electron chi connectivity index (χ1n) is 4.59. The number of carbonyl (C=O) groups excluding carboxylic acids is 2. The van der Waals surface area contributed by atoms with Gasteiger partial charge in [0.15, 0.2) is 5.25 Å². The highest BCUT2D eigenvalue weighted by molar-refractivity contribution is 7.87. The minimum absolute atomic E-state index is 0.0350. The molecule has 0 amide bonds. The lowest BCUT2D eigenvalue weighted by atomic mass is 10.3. The first-order valence-corrected chi connectivity index (χ1v) is 6.07. The molecule has 0 N–H and O–H groups in total. The molecule has 0 aromatic heterocycles. The normalized spacial score (nSPS) is 12.9. The predicted octanol–water partition coefficient (Wildman–Crippen LogP) is -0.583.